The lowest BCUT2D eigenvalue weighted by molar-refractivity contribution is -0.139. The number of hydrogen-bond donors (Lipinski definition) is 1. The molecule has 2 aromatic heterocycles. The summed E-state index contributed by atoms with van der Waals surface area (Å²) >= 11 is 1.04. The second-order valence-corrected chi connectivity index (χ2v) is 7.47. The van der Waals surface area contributed by atoms with E-state index in [0.717, 1.165) is 22.7 Å². The number of nitrogens with zero attached hydrogens (tertiary/aromatic N) is 2. The number of hydrogen-bond acceptors (Lipinski definition) is 5. The first-order valence-corrected chi connectivity index (χ1v) is 9.42. The lowest BCUT2D eigenvalue weighted by atomic mass is 10.2. The van der Waals surface area contributed by atoms with E-state index in [1.165, 1.54) is 23.8 Å². The number of thioether (sulfide) groups is 1. The smallest absolute Gasteiger partial charge is 0.318 e. The van der Waals surface area contributed by atoms with Crippen molar-refractivity contribution in [2.45, 2.75) is 17.3 Å². The fraction of sp³-hybridized carbons (Fsp3) is 0.150. The van der Waals surface area contributed by atoms with E-state index in [1.54, 1.807) is 19.1 Å². The van der Waals surface area contributed by atoms with E-state index in [9.17, 15) is 14.0 Å². The highest BCUT2D eigenvalue weighted by atomic mass is 32.2. The highest BCUT2D eigenvalue weighted by molar-refractivity contribution is 8.00. The van der Waals surface area contributed by atoms with Gasteiger partial charge in [-0.15, -0.1) is 0 Å². The van der Waals surface area contributed by atoms with Crippen LogP contribution in [0.4, 0.5) is 4.39 Å². The Labute approximate surface area is 163 Å². The summed E-state index contributed by atoms with van der Waals surface area (Å²) < 4.78 is 20.5. The molecule has 0 aliphatic heterocycles. The molecule has 8 heteroatoms. The number of carbonyl (C=O) groups excluding carboxylic acids is 1. The zero-order chi connectivity index (χ0) is 19.8. The number of halogens is 1. The predicted octanol–water partition coefficient (Wildman–Crippen LogP) is 3.66. The molecule has 2 aromatic carbocycles. The number of aromatic amines is 1. The second kappa shape index (κ2) is 7.12. The molecular weight excluding hydrogens is 381 g/mol. The Bertz CT molecular complexity index is 1260. The monoisotopic (exact) mass is 397 g/mol. The molecule has 0 bridgehead atoms. The van der Waals surface area contributed by atoms with E-state index < -0.39 is 22.6 Å². The largest absolute Gasteiger partial charge is 0.468 e. The summed E-state index contributed by atoms with van der Waals surface area (Å²) in [6, 6.07) is 13.3. The van der Waals surface area contributed by atoms with Gasteiger partial charge in [0.15, 0.2) is 5.16 Å². The van der Waals surface area contributed by atoms with E-state index in [1.807, 2.05) is 24.3 Å². The number of carbonyl (C=O) groups is 1. The fourth-order valence-corrected chi connectivity index (χ4v) is 3.98. The summed E-state index contributed by atoms with van der Waals surface area (Å²) in [4.78, 5) is 32.9. The number of ether oxygens (including phenoxy) is 1. The maximum atomic E-state index is 14.5. The molecule has 0 aliphatic carbocycles. The summed E-state index contributed by atoms with van der Waals surface area (Å²) in [6.07, 6.45) is 0. The van der Waals surface area contributed by atoms with E-state index in [0.29, 0.717) is 5.52 Å². The molecule has 1 N–H and O–H groups in total. The van der Waals surface area contributed by atoms with E-state index in [2.05, 4.69) is 9.97 Å². The third-order valence-corrected chi connectivity index (χ3v) is 5.43. The molecule has 0 saturated carbocycles. The first-order valence-electron chi connectivity index (χ1n) is 8.54. The summed E-state index contributed by atoms with van der Waals surface area (Å²) in [7, 11) is 1.29. The van der Waals surface area contributed by atoms with Gasteiger partial charge in [0, 0.05) is 10.9 Å². The highest BCUT2D eigenvalue weighted by Crippen LogP contribution is 2.29. The Kier molecular flexibility index (Phi) is 4.64. The molecule has 0 fully saturated rings. The van der Waals surface area contributed by atoms with Crippen molar-refractivity contribution >= 4 is 39.7 Å². The maximum Gasteiger partial charge on any atom is 0.318 e. The highest BCUT2D eigenvalue weighted by Gasteiger charge is 2.23. The normalized spacial score (nSPS) is 12.4. The average molecular weight is 397 g/mol. The van der Waals surface area contributed by atoms with Crippen LogP contribution < -0.4 is 5.56 Å². The Morgan fingerprint density at radius 1 is 1.21 bits per heavy atom. The van der Waals surface area contributed by atoms with Crippen LogP contribution in [0, 0.1) is 5.82 Å². The van der Waals surface area contributed by atoms with Gasteiger partial charge in [0.2, 0.25) is 0 Å². The summed E-state index contributed by atoms with van der Waals surface area (Å²) in [5, 5.41) is 0.366. The van der Waals surface area contributed by atoms with Crippen LogP contribution >= 0.6 is 11.8 Å². The van der Waals surface area contributed by atoms with Gasteiger partial charge in [-0.25, -0.2) is 9.37 Å². The number of H-pyrrole nitrogens is 1. The number of methoxy groups -OCH3 is 1. The predicted molar refractivity (Wildman–Crippen MR) is 106 cm³/mol. The Hall–Kier alpha value is -3.13. The first kappa shape index (κ1) is 18.2. The third-order valence-electron chi connectivity index (χ3n) is 4.40. The molecule has 4 rings (SSSR count). The zero-order valence-corrected chi connectivity index (χ0v) is 15.9. The topological polar surface area (TPSA) is 77.0 Å². The van der Waals surface area contributed by atoms with Gasteiger partial charge in [-0.1, -0.05) is 42.1 Å². The summed E-state index contributed by atoms with van der Waals surface area (Å²) in [5.41, 5.74) is 1.14. The van der Waals surface area contributed by atoms with Gasteiger partial charge in [0.1, 0.15) is 22.1 Å². The van der Waals surface area contributed by atoms with Crippen molar-refractivity contribution in [1.82, 2.24) is 14.5 Å². The van der Waals surface area contributed by atoms with E-state index in [4.69, 9.17) is 4.74 Å². The van der Waals surface area contributed by atoms with Crippen LogP contribution in [0.2, 0.25) is 0 Å². The molecule has 2 heterocycles. The van der Waals surface area contributed by atoms with E-state index >= 15 is 0 Å². The van der Waals surface area contributed by atoms with Crippen molar-refractivity contribution in [2.24, 2.45) is 0 Å². The average Bonchev–Trinajstić information content (AvgIpc) is 3.07. The SMILES string of the molecule is COC(=O)[C@@H](C)Sc1nc2c([nH]c3ccccc32)c(=O)n1-c1ccccc1F. The molecule has 0 spiro atoms. The third kappa shape index (κ3) is 2.95. The summed E-state index contributed by atoms with van der Waals surface area (Å²) in [6.45, 7) is 1.65. The van der Waals surface area contributed by atoms with Crippen LogP contribution in [0.3, 0.4) is 0 Å². The zero-order valence-electron chi connectivity index (χ0n) is 15.1. The van der Waals surface area contributed by atoms with Gasteiger partial charge in [-0.3, -0.25) is 14.2 Å². The fourth-order valence-electron chi connectivity index (χ4n) is 3.04. The molecule has 0 aliphatic rings. The van der Waals surface area contributed by atoms with Crippen LogP contribution in [0.5, 0.6) is 0 Å². The first-order chi connectivity index (χ1) is 13.5. The van der Waals surface area contributed by atoms with Crippen molar-refractivity contribution in [2.75, 3.05) is 7.11 Å². The minimum absolute atomic E-state index is 0.0696. The molecule has 1 atom stereocenters. The number of rotatable bonds is 4. The van der Waals surface area contributed by atoms with Crippen LogP contribution in [-0.2, 0) is 9.53 Å². The quantitative estimate of drug-likeness (QED) is 0.323. The molecule has 6 nitrogen and oxygen atoms in total. The van der Waals surface area contributed by atoms with Gasteiger partial charge in [-0.05, 0) is 25.1 Å². The van der Waals surface area contributed by atoms with Crippen molar-refractivity contribution < 1.29 is 13.9 Å². The van der Waals surface area contributed by atoms with Crippen molar-refractivity contribution in [1.29, 1.82) is 0 Å². The van der Waals surface area contributed by atoms with Gasteiger partial charge in [-0.2, -0.15) is 0 Å². The number of aromatic nitrogens is 3. The molecule has 0 unspecified atom stereocenters. The molecule has 28 heavy (non-hydrogen) atoms. The minimum Gasteiger partial charge on any atom is -0.468 e. The molecule has 0 saturated heterocycles. The molecule has 142 valence electrons. The molecule has 0 amide bonds. The molecule has 4 aromatic rings. The second-order valence-electron chi connectivity index (χ2n) is 6.16. The van der Waals surface area contributed by atoms with Crippen LogP contribution in [0.1, 0.15) is 6.92 Å². The number of nitrogens with one attached hydrogen (secondary N) is 1. The van der Waals surface area contributed by atoms with Gasteiger partial charge < -0.3 is 9.72 Å². The number of benzene rings is 2. The molecule has 0 radical (unpaired) electrons. The Morgan fingerprint density at radius 2 is 1.93 bits per heavy atom. The van der Waals surface area contributed by atoms with Crippen LogP contribution in [0.15, 0.2) is 58.5 Å². The van der Waals surface area contributed by atoms with Crippen molar-refractivity contribution in [3.63, 3.8) is 0 Å². The standard InChI is InChI=1S/C20H16FN3O3S/c1-11(19(26)27-2)28-20-23-16-12-7-3-5-9-14(12)22-17(16)18(25)24(20)15-10-6-4-8-13(15)21/h3-11,22H,1-2H3/t11-/m1/s1. The Balaban J connectivity index is 2.04. The molecular formula is C20H16FN3O3S. The summed E-state index contributed by atoms with van der Waals surface area (Å²) in [5.74, 6) is -1.02. The van der Waals surface area contributed by atoms with Gasteiger partial charge in [0.25, 0.3) is 5.56 Å². The lowest BCUT2D eigenvalue weighted by Gasteiger charge is -2.15. The number of fused-ring (bicyclic) bond motifs is 3. The van der Waals surface area contributed by atoms with Crippen molar-refractivity contribution in [3.8, 4) is 5.69 Å². The number of esters is 1. The van der Waals surface area contributed by atoms with Gasteiger partial charge in [0.05, 0.1) is 12.8 Å². The minimum atomic E-state index is -0.627. The Morgan fingerprint density at radius 3 is 2.68 bits per heavy atom. The van der Waals surface area contributed by atoms with Crippen LogP contribution in [0.25, 0.3) is 27.6 Å². The van der Waals surface area contributed by atoms with Crippen LogP contribution in [-0.4, -0.2) is 32.9 Å². The van der Waals surface area contributed by atoms with Gasteiger partial charge >= 0.3 is 5.97 Å². The lowest BCUT2D eigenvalue weighted by Crippen LogP contribution is -2.24. The maximum absolute atomic E-state index is 14.5. The van der Waals surface area contributed by atoms with E-state index in [-0.39, 0.29) is 16.4 Å². The van der Waals surface area contributed by atoms with Crippen molar-refractivity contribution in [3.05, 3.63) is 64.7 Å². The number of para-hydroxylation sites is 2.